The average Bonchev–Trinajstić information content (AvgIpc) is 3.23. The highest BCUT2D eigenvalue weighted by molar-refractivity contribution is 5.48. The van der Waals surface area contributed by atoms with Crippen LogP contribution in [-0.2, 0) is 14.2 Å². The minimum Gasteiger partial charge on any atom is -0.378 e. The second-order valence-corrected chi connectivity index (χ2v) is 15.4. The first kappa shape index (κ1) is 46.4. The Hall–Kier alpha value is -3.30. The molecule has 5 heterocycles. The Labute approximate surface area is 345 Å². The van der Waals surface area contributed by atoms with Crippen molar-refractivity contribution in [1.82, 2.24) is 29.9 Å². The summed E-state index contributed by atoms with van der Waals surface area (Å²) in [7, 11) is 0. The third-order valence-corrected chi connectivity index (χ3v) is 10.6. The van der Waals surface area contributed by atoms with Gasteiger partial charge in [0.25, 0.3) is 0 Å². The lowest BCUT2D eigenvalue weighted by atomic mass is 10.3. The van der Waals surface area contributed by atoms with Gasteiger partial charge < -0.3 is 43.6 Å². The van der Waals surface area contributed by atoms with Crippen LogP contribution in [0.3, 0.4) is 0 Å². The number of fused-ring (bicyclic) bond motifs is 18. The monoisotopic (exact) mass is 799 g/mol. The fourth-order valence-electron chi connectivity index (χ4n) is 6.85. The molecule has 0 aliphatic carbocycles. The highest BCUT2D eigenvalue weighted by Crippen LogP contribution is 2.24. The third kappa shape index (κ3) is 15.8. The normalized spacial score (nSPS) is 16.9. The molecule has 15 nitrogen and oxygen atoms in total. The minimum atomic E-state index is 0.561. The summed E-state index contributed by atoms with van der Waals surface area (Å²) in [6.07, 6.45) is 12.7. The summed E-state index contributed by atoms with van der Waals surface area (Å²) in [4.78, 5) is 45.1. The Morgan fingerprint density at radius 2 is 0.456 bits per heavy atom. The summed E-state index contributed by atoms with van der Waals surface area (Å²) >= 11 is 0. The van der Waals surface area contributed by atoms with Crippen LogP contribution in [-0.4, -0.2) is 148 Å². The summed E-state index contributed by atoms with van der Waals surface area (Å²) in [6.45, 7) is 26.0. The van der Waals surface area contributed by atoms with Crippen LogP contribution in [0, 0.1) is 0 Å². The largest absolute Gasteiger partial charge is 0.378 e. The van der Waals surface area contributed by atoms with Crippen LogP contribution in [0.15, 0.2) is 0 Å². The van der Waals surface area contributed by atoms with Crippen molar-refractivity contribution in [2.45, 2.75) is 119 Å². The molecule has 57 heavy (non-hydrogen) atoms. The van der Waals surface area contributed by atoms with Gasteiger partial charge in [-0.1, -0.05) is 80.1 Å². The van der Waals surface area contributed by atoms with Crippen molar-refractivity contribution in [3.05, 3.63) is 0 Å². The molecule has 0 radical (unpaired) electrons. The van der Waals surface area contributed by atoms with Crippen molar-refractivity contribution in [2.24, 2.45) is 0 Å². The number of nitrogens with zero attached hydrogens (tertiary/aromatic N) is 12. The first-order valence-corrected chi connectivity index (χ1v) is 22.8. The van der Waals surface area contributed by atoms with Gasteiger partial charge in [0.2, 0.25) is 35.7 Å². The number of unbranched alkanes of at least 4 members (excludes halogenated alkanes) is 6. The second-order valence-electron chi connectivity index (χ2n) is 15.4. The van der Waals surface area contributed by atoms with E-state index in [1.165, 1.54) is 0 Å². The van der Waals surface area contributed by atoms with Crippen molar-refractivity contribution < 1.29 is 14.2 Å². The van der Waals surface area contributed by atoms with E-state index >= 15 is 0 Å². The summed E-state index contributed by atoms with van der Waals surface area (Å²) in [5, 5.41) is 0. The molecule has 0 fully saturated rings. The van der Waals surface area contributed by atoms with Gasteiger partial charge >= 0.3 is 0 Å². The maximum Gasteiger partial charge on any atom is 0.232 e. The molecule has 5 rings (SSSR count). The van der Waals surface area contributed by atoms with Gasteiger partial charge in [-0.3, -0.25) is 0 Å². The molecule has 0 amide bonds. The molecular weight excluding hydrogens is 721 g/mol. The predicted molar refractivity (Wildman–Crippen MR) is 235 cm³/mol. The van der Waals surface area contributed by atoms with Gasteiger partial charge in [0.05, 0.1) is 39.6 Å². The zero-order valence-electron chi connectivity index (χ0n) is 36.8. The summed E-state index contributed by atoms with van der Waals surface area (Å²) in [6, 6.07) is 0. The number of aromatic nitrogens is 6. The molecular formula is C42H78N12O3. The van der Waals surface area contributed by atoms with Crippen molar-refractivity contribution in [3.8, 4) is 0 Å². The first-order chi connectivity index (χ1) is 28.0. The lowest BCUT2D eigenvalue weighted by Crippen LogP contribution is -2.38. The van der Waals surface area contributed by atoms with Crippen LogP contribution in [0.4, 0.5) is 35.7 Å². The minimum absolute atomic E-state index is 0.561. The Bertz CT molecular complexity index is 1080. The zero-order valence-corrected chi connectivity index (χ0v) is 36.8. The summed E-state index contributed by atoms with van der Waals surface area (Å²) in [5.41, 5.74) is 0. The standard InChI is InChI=1S/C42H78N12O3/c1-7-13-19-49-25-31-55-32-26-52(22-16-10-4)40-46-41-48-42(47-40)54(24-18-12-6)30-36-57-34-28-51(21-15-9-3)39-44-37(49)43-38(45-39)50(20-14-8-2)27-33-56-35-29-53(41)23-17-11-5/h7-36H2,1-6H3. The van der Waals surface area contributed by atoms with Crippen LogP contribution in [0.25, 0.3) is 0 Å². The van der Waals surface area contributed by atoms with Crippen LogP contribution in [0.2, 0.25) is 0 Å². The number of ether oxygens (including phenoxy) is 3. The van der Waals surface area contributed by atoms with Crippen molar-refractivity contribution in [3.63, 3.8) is 0 Å². The molecule has 2 aromatic heterocycles. The maximum absolute atomic E-state index is 6.46. The van der Waals surface area contributed by atoms with E-state index in [0.717, 1.165) is 116 Å². The molecule has 2 aromatic rings. The smallest absolute Gasteiger partial charge is 0.232 e. The van der Waals surface area contributed by atoms with E-state index in [-0.39, 0.29) is 0 Å². The van der Waals surface area contributed by atoms with Crippen LogP contribution >= 0.6 is 0 Å². The average molecular weight is 799 g/mol. The molecule has 3 aliphatic heterocycles. The predicted octanol–water partition coefficient (Wildman–Crippen LogP) is 6.47. The number of hydrogen-bond acceptors (Lipinski definition) is 15. The molecule has 15 heteroatoms. The molecule has 6 bridgehead atoms. The van der Waals surface area contributed by atoms with Gasteiger partial charge in [-0.25, -0.2) is 0 Å². The Kier molecular flexibility index (Phi) is 22.3. The van der Waals surface area contributed by atoms with E-state index in [4.69, 9.17) is 44.1 Å². The van der Waals surface area contributed by atoms with Crippen LogP contribution in [0.5, 0.6) is 0 Å². The molecule has 0 atom stereocenters. The fraction of sp³-hybridized carbons (Fsp3) is 0.857. The second kappa shape index (κ2) is 27.4. The number of rotatable bonds is 18. The van der Waals surface area contributed by atoms with E-state index in [1.54, 1.807) is 0 Å². The first-order valence-electron chi connectivity index (χ1n) is 22.8. The molecule has 0 saturated heterocycles. The van der Waals surface area contributed by atoms with E-state index in [1.807, 2.05) is 0 Å². The van der Waals surface area contributed by atoms with E-state index in [2.05, 4.69) is 70.9 Å². The molecule has 0 N–H and O–H groups in total. The Morgan fingerprint density at radius 1 is 0.298 bits per heavy atom. The third-order valence-electron chi connectivity index (χ3n) is 10.6. The summed E-state index contributed by atoms with van der Waals surface area (Å²) in [5.74, 6) is 4.30. The molecule has 0 spiro atoms. The van der Waals surface area contributed by atoms with E-state index in [9.17, 15) is 0 Å². The molecule has 3 aliphatic rings. The van der Waals surface area contributed by atoms with E-state index < -0.39 is 0 Å². The van der Waals surface area contributed by atoms with Crippen molar-refractivity contribution in [1.29, 1.82) is 0 Å². The van der Waals surface area contributed by atoms with Crippen molar-refractivity contribution in [2.75, 3.05) is 148 Å². The van der Waals surface area contributed by atoms with Gasteiger partial charge in [0.1, 0.15) is 0 Å². The Morgan fingerprint density at radius 3 is 0.596 bits per heavy atom. The van der Waals surface area contributed by atoms with Gasteiger partial charge in [-0.2, -0.15) is 29.9 Å². The number of hydrogen-bond donors (Lipinski definition) is 0. The molecule has 0 saturated carbocycles. The molecule has 0 unspecified atom stereocenters. The van der Waals surface area contributed by atoms with Gasteiger partial charge in [0.15, 0.2) is 0 Å². The van der Waals surface area contributed by atoms with E-state index in [0.29, 0.717) is 115 Å². The lowest BCUT2D eigenvalue weighted by Gasteiger charge is -2.31. The number of anilines is 6. The lowest BCUT2D eigenvalue weighted by molar-refractivity contribution is 0.144. The van der Waals surface area contributed by atoms with Crippen molar-refractivity contribution >= 4 is 35.7 Å². The Balaban J connectivity index is 1.86. The maximum atomic E-state index is 6.46. The van der Waals surface area contributed by atoms with Gasteiger partial charge in [-0.05, 0) is 38.5 Å². The van der Waals surface area contributed by atoms with Crippen LogP contribution < -0.4 is 29.4 Å². The summed E-state index contributed by atoms with van der Waals surface area (Å²) < 4.78 is 19.4. The van der Waals surface area contributed by atoms with Gasteiger partial charge in [-0.15, -0.1) is 0 Å². The quantitative estimate of drug-likeness (QED) is 0.153. The van der Waals surface area contributed by atoms with Crippen LogP contribution in [0.1, 0.15) is 119 Å². The highest BCUT2D eigenvalue weighted by Gasteiger charge is 2.24. The highest BCUT2D eigenvalue weighted by atomic mass is 16.5. The zero-order chi connectivity index (χ0) is 40.5. The topological polar surface area (TPSA) is 124 Å². The van der Waals surface area contributed by atoms with Gasteiger partial charge in [0, 0.05) is 78.5 Å². The molecule has 324 valence electrons. The SMILES string of the molecule is CCCCN1CCOCCN(CCCC)c2nc3nc(n2)N(CCCC)CCOCCN(CCCC)c2nc1nc(n2)N(CCCC)CCOCCN3CCCC. The fourth-order valence-corrected chi connectivity index (χ4v) is 6.85. The molecule has 0 aromatic carbocycles.